The largest absolute Gasteiger partial charge is 0.464 e. The van der Waals surface area contributed by atoms with Gasteiger partial charge < -0.3 is 4.42 Å². The second kappa shape index (κ2) is 3.15. The Morgan fingerprint density at radius 1 is 1.25 bits per heavy atom. The number of furan rings is 1. The van der Waals surface area contributed by atoms with Crippen molar-refractivity contribution in [3.63, 3.8) is 0 Å². The first-order chi connectivity index (χ1) is 5.90. The highest BCUT2D eigenvalue weighted by atomic mass is 79.9. The highest BCUT2D eigenvalue weighted by Gasteiger charge is 1.95. The van der Waals surface area contributed by atoms with E-state index in [9.17, 15) is 0 Å². The Kier molecular flexibility index (Phi) is 2.00. The minimum absolute atomic E-state index is 0.932. The van der Waals surface area contributed by atoms with Crippen molar-refractivity contribution in [3.8, 4) is 0 Å². The maximum atomic E-state index is 5.22. The van der Waals surface area contributed by atoms with E-state index in [2.05, 4.69) is 22.0 Å². The number of halogens is 1. The molecule has 0 spiro atoms. The van der Waals surface area contributed by atoms with Crippen molar-refractivity contribution >= 4 is 33.0 Å². The molecule has 2 rings (SSSR count). The lowest BCUT2D eigenvalue weighted by atomic mass is 10.2. The van der Waals surface area contributed by atoms with Crippen molar-refractivity contribution < 1.29 is 4.42 Å². The summed E-state index contributed by atoms with van der Waals surface area (Å²) in [6, 6.07) is 8.03. The summed E-state index contributed by atoms with van der Waals surface area (Å²) in [5.74, 6) is 0. The molecule has 2 heteroatoms. The van der Waals surface area contributed by atoms with E-state index in [4.69, 9.17) is 4.42 Å². The van der Waals surface area contributed by atoms with Gasteiger partial charge in [-0.05, 0) is 34.8 Å². The number of hydrogen-bond donors (Lipinski definition) is 0. The molecule has 60 valence electrons. The minimum atomic E-state index is 0.932. The van der Waals surface area contributed by atoms with Gasteiger partial charge >= 0.3 is 0 Å². The molecule has 1 nitrogen and oxygen atoms in total. The van der Waals surface area contributed by atoms with Crippen molar-refractivity contribution in [2.75, 3.05) is 0 Å². The topological polar surface area (TPSA) is 13.1 Å². The average Bonchev–Trinajstić information content (AvgIpc) is 2.51. The second-order valence-electron chi connectivity index (χ2n) is 2.51. The van der Waals surface area contributed by atoms with Crippen molar-refractivity contribution in [1.82, 2.24) is 0 Å². The summed E-state index contributed by atoms with van der Waals surface area (Å²) < 4.78 is 5.22. The first-order valence-electron chi connectivity index (χ1n) is 3.64. The van der Waals surface area contributed by atoms with Gasteiger partial charge in [-0.1, -0.05) is 22.0 Å². The van der Waals surface area contributed by atoms with Crippen molar-refractivity contribution in [2.24, 2.45) is 0 Å². The molecule has 0 saturated carbocycles. The minimum Gasteiger partial charge on any atom is -0.464 e. The van der Waals surface area contributed by atoms with Crippen LogP contribution in [0.15, 0.2) is 39.9 Å². The van der Waals surface area contributed by atoms with Gasteiger partial charge in [-0.2, -0.15) is 0 Å². The zero-order valence-electron chi connectivity index (χ0n) is 6.33. The van der Waals surface area contributed by atoms with Gasteiger partial charge in [0.05, 0.1) is 6.26 Å². The molecule has 1 aromatic heterocycles. The van der Waals surface area contributed by atoms with Gasteiger partial charge in [-0.3, -0.25) is 0 Å². The van der Waals surface area contributed by atoms with E-state index in [-0.39, 0.29) is 0 Å². The van der Waals surface area contributed by atoms with E-state index in [1.807, 2.05) is 29.3 Å². The molecule has 0 unspecified atom stereocenters. The van der Waals surface area contributed by atoms with Crippen LogP contribution >= 0.6 is 15.9 Å². The number of rotatable bonds is 1. The fourth-order valence-corrected chi connectivity index (χ4v) is 1.47. The maximum absolute atomic E-state index is 5.22. The highest BCUT2D eigenvalue weighted by molar-refractivity contribution is 9.11. The van der Waals surface area contributed by atoms with Gasteiger partial charge in [0.25, 0.3) is 0 Å². The molecule has 0 aliphatic carbocycles. The molecule has 1 aromatic carbocycles. The van der Waals surface area contributed by atoms with Crippen LogP contribution in [-0.2, 0) is 0 Å². The first-order valence-corrected chi connectivity index (χ1v) is 4.56. The third-order valence-corrected chi connectivity index (χ3v) is 2.00. The van der Waals surface area contributed by atoms with Gasteiger partial charge in [0.1, 0.15) is 5.58 Å². The smallest absolute Gasteiger partial charge is 0.133 e. The van der Waals surface area contributed by atoms with Crippen molar-refractivity contribution in [2.45, 2.75) is 0 Å². The lowest BCUT2D eigenvalue weighted by Crippen LogP contribution is -1.69. The molecule has 0 radical (unpaired) electrons. The quantitative estimate of drug-likeness (QED) is 0.716. The molecule has 0 N–H and O–H groups in total. The van der Waals surface area contributed by atoms with Crippen LogP contribution in [-0.4, -0.2) is 0 Å². The third-order valence-electron chi connectivity index (χ3n) is 1.73. The summed E-state index contributed by atoms with van der Waals surface area (Å²) in [5, 5.41) is 1.14. The monoisotopic (exact) mass is 222 g/mol. The standard InChI is InChI=1S/C10H7BrO/c11-5-3-8-1-2-10-9(7-8)4-6-12-10/h1-7H. The first kappa shape index (κ1) is 7.62. The normalized spacial score (nSPS) is 11.4. The Hall–Kier alpha value is -1.02. The molecule has 0 amide bonds. The maximum Gasteiger partial charge on any atom is 0.133 e. The van der Waals surface area contributed by atoms with E-state index < -0.39 is 0 Å². The second-order valence-corrected chi connectivity index (χ2v) is 3.04. The molecule has 0 aliphatic rings. The van der Waals surface area contributed by atoms with Crippen LogP contribution in [0.3, 0.4) is 0 Å². The number of benzene rings is 1. The van der Waals surface area contributed by atoms with Gasteiger partial charge in [0.2, 0.25) is 0 Å². The van der Waals surface area contributed by atoms with Gasteiger partial charge in [0.15, 0.2) is 0 Å². The third kappa shape index (κ3) is 1.30. The fraction of sp³-hybridized carbons (Fsp3) is 0. The van der Waals surface area contributed by atoms with E-state index in [0.717, 1.165) is 11.0 Å². The summed E-state index contributed by atoms with van der Waals surface area (Å²) in [4.78, 5) is 1.84. The molecule has 0 aliphatic heterocycles. The Bertz CT molecular complexity index is 414. The molecule has 12 heavy (non-hydrogen) atoms. The van der Waals surface area contributed by atoms with Crippen LogP contribution in [0.5, 0.6) is 0 Å². The fourth-order valence-electron chi connectivity index (χ4n) is 1.16. The van der Waals surface area contributed by atoms with E-state index in [1.165, 1.54) is 5.56 Å². The highest BCUT2D eigenvalue weighted by Crippen LogP contribution is 2.17. The van der Waals surface area contributed by atoms with Gasteiger partial charge in [-0.15, -0.1) is 0 Å². The lowest BCUT2D eigenvalue weighted by molar-refractivity contribution is 0.616. The summed E-state index contributed by atoms with van der Waals surface area (Å²) in [6.45, 7) is 0. The number of hydrogen-bond acceptors (Lipinski definition) is 1. The molecule has 0 atom stereocenters. The van der Waals surface area contributed by atoms with Crippen LogP contribution in [0.25, 0.3) is 17.0 Å². The van der Waals surface area contributed by atoms with Crippen LogP contribution in [0.1, 0.15) is 5.56 Å². The molecule has 1 heterocycles. The average molecular weight is 223 g/mol. The van der Waals surface area contributed by atoms with Gasteiger partial charge in [0, 0.05) is 5.39 Å². The number of fused-ring (bicyclic) bond motifs is 1. The van der Waals surface area contributed by atoms with E-state index >= 15 is 0 Å². The summed E-state index contributed by atoms with van der Waals surface area (Å²) in [6.07, 6.45) is 3.69. The zero-order valence-corrected chi connectivity index (χ0v) is 7.91. The predicted octanol–water partition coefficient (Wildman–Crippen LogP) is 3.80. The Morgan fingerprint density at radius 3 is 3.00 bits per heavy atom. The summed E-state index contributed by atoms with van der Waals surface area (Å²) in [7, 11) is 0. The van der Waals surface area contributed by atoms with E-state index in [0.29, 0.717) is 0 Å². The molecule has 2 aromatic rings. The van der Waals surface area contributed by atoms with Crippen molar-refractivity contribution in [1.29, 1.82) is 0 Å². The van der Waals surface area contributed by atoms with Crippen LogP contribution in [0.2, 0.25) is 0 Å². The van der Waals surface area contributed by atoms with Gasteiger partial charge in [-0.25, -0.2) is 0 Å². The van der Waals surface area contributed by atoms with E-state index in [1.54, 1.807) is 6.26 Å². The molecule has 0 fully saturated rings. The Balaban J connectivity index is 2.60. The SMILES string of the molecule is BrC=Cc1ccc2occc2c1. The molecular formula is C10H7BrO. The Morgan fingerprint density at radius 2 is 2.17 bits per heavy atom. The molecule has 0 bridgehead atoms. The Labute approximate surface area is 78.8 Å². The summed E-state index contributed by atoms with van der Waals surface area (Å²) in [5.41, 5.74) is 2.10. The predicted molar refractivity (Wildman–Crippen MR) is 54.2 cm³/mol. The van der Waals surface area contributed by atoms with Crippen molar-refractivity contribution in [3.05, 3.63) is 41.1 Å². The van der Waals surface area contributed by atoms with Crippen LogP contribution < -0.4 is 0 Å². The lowest BCUT2D eigenvalue weighted by Gasteiger charge is -1.91. The summed E-state index contributed by atoms with van der Waals surface area (Å²) >= 11 is 3.24. The molecular weight excluding hydrogens is 216 g/mol. The molecule has 0 saturated heterocycles. The van der Waals surface area contributed by atoms with Crippen LogP contribution in [0, 0.1) is 0 Å². The zero-order chi connectivity index (χ0) is 8.39. The van der Waals surface area contributed by atoms with Crippen LogP contribution in [0.4, 0.5) is 0 Å².